The van der Waals surface area contributed by atoms with Crippen molar-refractivity contribution in [1.29, 1.82) is 0 Å². The summed E-state index contributed by atoms with van der Waals surface area (Å²) in [4.78, 5) is 15.1. The summed E-state index contributed by atoms with van der Waals surface area (Å²) in [5.41, 5.74) is 3.35. The summed E-state index contributed by atoms with van der Waals surface area (Å²) in [6.07, 6.45) is 1.98. The van der Waals surface area contributed by atoms with Gasteiger partial charge in [0, 0.05) is 29.3 Å². The number of phenolic OH excluding ortho intramolecular Hbond substituents is 1. The van der Waals surface area contributed by atoms with E-state index in [0.717, 1.165) is 30.6 Å². The van der Waals surface area contributed by atoms with E-state index in [1.807, 2.05) is 35.2 Å². The minimum atomic E-state index is -0.327. The van der Waals surface area contributed by atoms with E-state index in [4.69, 9.17) is 16.3 Å². The highest BCUT2D eigenvalue weighted by molar-refractivity contribution is 6.30. The number of phenols is 1. The predicted molar refractivity (Wildman–Crippen MR) is 109 cm³/mol. The number of halogens is 1. The summed E-state index contributed by atoms with van der Waals surface area (Å²) < 4.78 is 5.80. The van der Waals surface area contributed by atoms with Gasteiger partial charge in [0.25, 0.3) is 5.91 Å². The molecule has 2 N–H and O–H groups in total. The molecule has 2 aliphatic heterocycles. The third kappa shape index (κ3) is 3.09. The molecular weight excluding hydrogens is 390 g/mol. The molecule has 2 aliphatic rings. The van der Waals surface area contributed by atoms with Crippen LogP contribution < -0.4 is 0 Å². The number of benzene rings is 2. The first-order chi connectivity index (χ1) is 14.1. The van der Waals surface area contributed by atoms with Gasteiger partial charge >= 0.3 is 0 Å². The third-order valence-electron chi connectivity index (χ3n) is 5.63. The van der Waals surface area contributed by atoms with E-state index >= 15 is 0 Å². The fourth-order valence-corrected chi connectivity index (χ4v) is 4.39. The van der Waals surface area contributed by atoms with E-state index < -0.39 is 0 Å². The van der Waals surface area contributed by atoms with Crippen LogP contribution in [-0.4, -0.2) is 45.4 Å². The molecule has 7 heteroatoms. The third-order valence-corrected chi connectivity index (χ3v) is 5.89. The van der Waals surface area contributed by atoms with Crippen molar-refractivity contribution in [2.45, 2.75) is 25.0 Å². The molecule has 0 radical (unpaired) electrons. The number of nitrogens with one attached hydrogen (secondary N) is 1. The van der Waals surface area contributed by atoms with Crippen LogP contribution in [-0.2, 0) is 4.74 Å². The molecule has 29 heavy (non-hydrogen) atoms. The molecule has 5 rings (SSSR count). The van der Waals surface area contributed by atoms with Gasteiger partial charge in [-0.2, -0.15) is 5.10 Å². The van der Waals surface area contributed by atoms with E-state index in [0.29, 0.717) is 28.5 Å². The number of carbonyl (C=O) groups is 1. The first-order valence-corrected chi connectivity index (χ1v) is 10.1. The Morgan fingerprint density at radius 3 is 2.72 bits per heavy atom. The van der Waals surface area contributed by atoms with Gasteiger partial charge in [-0.15, -0.1) is 0 Å². The number of aromatic amines is 1. The van der Waals surface area contributed by atoms with Gasteiger partial charge in [-0.3, -0.25) is 9.89 Å². The van der Waals surface area contributed by atoms with Gasteiger partial charge in [0.05, 0.1) is 12.1 Å². The average Bonchev–Trinajstić information content (AvgIpc) is 3.44. The Morgan fingerprint density at radius 2 is 2.00 bits per heavy atom. The van der Waals surface area contributed by atoms with Crippen molar-refractivity contribution in [1.82, 2.24) is 15.1 Å². The van der Waals surface area contributed by atoms with Crippen LogP contribution in [0.4, 0.5) is 0 Å². The minimum Gasteiger partial charge on any atom is -0.507 e. The van der Waals surface area contributed by atoms with Crippen molar-refractivity contribution >= 4 is 17.5 Å². The highest BCUT2D eigenvalue weighted by Gasteiger charge is 2.43. The van der Waals surface area contributed by atoms with E-state index in [9.17, 15) is 9.90 Å². The molecule has 1 aromatic heterocycles. The maximum atomic E-state index is 13.3. The highest BCUT2D eigenvalue weighted by atomic mass is 35.5. The Bertz CT molecular complexity index is 1060. The summed E-state index contributed by atoms with van der Waals surface area (Å²) in [5, 5.41) is 18.3. The molecule has 2 atom stereocenters. The largest absolute Gasteiger partial charge is 0.507 e. The maximum Gasteiger partial charge on any atom is 0.273 e. The lowest BCUT2D eigenvalue weighted by Gasteiger charge is -2.28. The van der Waals surface area contributed by atoms with Gasteiger partial charge in [-0.1, -0.05) is 35.9 Å². The molecule has 0 aliphatic carbocycles. The summed E-state index contributed by atoms with van der Waals surface area (Å²) >= 11 is 6.10. The number of aromatic nitrogens is 2. The topological polar surface area (TPSA) is 78.5 Å². The number of nitrogens with zero attached hydrogens (tertiary/aromatic N) is 2. The molecule has 1 fully saturated rings. The fraction of sp³-hybridized carbons (Fsp3) is 0.273. The van der Waals surface area contributed by atoms with Crippen LogP contribution in [0.1, 0.15) is 40.5 Å². The zero-order chi connectivity index (χ0) is 20.0. The number of carbonyl (C=O) groups excluding carboxylic acids is 1. The van der Waals surface area contributed by atoms with Crippen molar-refractivity contribution in [3.8, 4) is 17.0 Å². The Hall–Kier alpha value is -2.83. The molecule has 0 bridgehead atoms. The Morgan fingerprint density at radius 1 is 1.21 bits per heavy atom. The first-order valence-electron chi connectivity index (χ1n) is 9.68. The Labute approximate surface area is 173 Å². The van der Waals surface area contributed by atoms with E-state index in [1.54, 1.807) is 18.2 Å². The number of hydrogen-bond acceptors (Lipinski definition) is 4. The predicted octanol–water partition coefficient (Wildman–Crippen LogP) is 4.16. The molecule has 1 saturated heterocycles. The number of para-hydroxylation sites is 1. The summed E-state index contributed by atoms with van der Waals surface area (Å²) in [6.45, 7) is 1.24. The van der Waals surface area contributed by atoms with Crippen LogP contribution >= 0.6 is 11.6 Å². The van der Waals surface area contributed by atoms with E-state index in [1.165, 1.54) is 0 Å². The highest BCUT2D eigenvalue weighted by Crippen LogP contribution is 2.44. The van der Waals surface area contributed by atoms with Crippen molar-refractivity contribution in [2.24, 2.45) is 0 Å². The van der Waals surface area contributed by atoms with E-state index in [-0.39, 0.29) is 23.8 Å². The fourth-order valence-electron chi connectivity index (χ4n) is 4.26. The molecular formula is C22H20ClN3O3. The Kier molecular flexibility index (Phi) is 4.53. The molecule has 3 aromatic rings. The maximum absolute atomic E-state index is 13.3. The standard InChI is InChI=1S/C22H20ClN3O3/c23-14-9-7-13(8-10-14)21-18-19(16-5-1-2-6-17(16)27)24-25-20(18)22(28)26(21)12-15-4-3-11-29-15/h1-2,5-10,15,21,27H,3-4,11-12H2,(H,24,25)/t15-,21+/m1/s1. The molecule has 148 valence electrons. The summed E-state index contributed by atoms with van der Waals surface area (Å²) in [7, 11) is 0. The van der Waals surface area contributed by atoms with Crippen molar-refractivity contribution in [2.75, 3.05) is 13.2 Å². The molecule has 2 aromatic carbocycles. The lowest BCUT2D eigenvalue weighted by atomic mass is 9.95. The molecule has 6 nitrogen and oxygen atoms in total. The van der Waals surface area contributed by atoms with Crippen molar-refractivity contribution in [3.05, 3.63) is 70.4 Å². The van der Waals surface area contributed by atoms with Crippen LogP contribution in [0.2, 0.25) is 5.02 Å². The normalized spacial score (nSPS) is 21.0. The zero-order valence-electron chi connectivity index (χ0n) is 15.6. The van der Waals surface area contributed by atoms with Crippen LogP contribution in [0.5, 0.6) is 5.75 Å². The lowest BCUT2D eigenvalue weighted by Crippen LogP contribution is -2.36. The molecule has 0 saturated carbocycles. The average molecular weight is 410 g/mol. The quantitative estimate of drug-likeness (QED) is 0.678. The van der Waals surface area contributed by atoms with Crippen LogP contribution in [0.25, 0.3) is 11.3 Å². The number of amides is 1. The first kappa shape index (κ1) is 18.2. The smallest absolute Gasteiger partial charge is 0.273 e. The number of H-pyrrole nitrogens is 1. The second-order valence-electron chi connectivity index (χ2n) is 7.42. The van der Waals surface area contributed by atoms with Crippen LogP contribution in [0.15, 0.2) is 48.5 Å². The molecule has 3 heterocycles. The molecule has 0 spiro atoms. The number of ether oxygens (including phenoxy) is 1. The van der Waals surface area contributed by atoms with Gasteiger partial charge in [0.2, 0.25) is 0 Å². The lowest BCUT2D eigenvalue weighted by molar-refractivity contribution is 0.0495. The molecule has 1 amide bonds. The number of aromatic hydroxyl groups is 1. The molecule has 0 unspecified atom stereocenters. The SMILES string of the molecule is O=C1c2[nH]nc(-c3ccccc3O)c2[C@H](c2ccc(Cl)cc2)N1C[C@H]1CCCO1. The number of fused-ring (bicyclic) bond motifs is 1. The van der Waals surface area contributed by atoms with Crippen LogP contribution in [0, 0.1) is 0 Å². The Balaban J connectivity index is 1.64. The zero-order valence-corrected chi connectivity index (χ0v) is 16.4. The number of rotatable bonds is 4. The van der Waals surface area contributed by atoms with E-state index in [2.05, 4.69) is 10.2 Å². The van der Waals surface area contributed by atoms with Gasteiger partial charge in [-0.05, 0) is 42.7 Å². The summed E-state index contributed by atoms with van der Waals surface area (Å²) in [6, 6.07) is 14.2. The summed E-state index contributed by atoms with van der Waals surface area (Å²) in [5.74, 6) is 0.0197. The van der Waals surface area contributed by atoms with Crippen LogP contribution in [0.3, 0.4) is 0 Å². The second kappa shape index (κ2) is 7.21. The number of hydrogen-bond donors (Lipinski definition) is 2. The van der Waals surface area contributed by atoms with Gasteiger partial charge in [0.1, 0.15) is 17.1 Å². The van der Waals surface area contributed by atoms with Gasteiger partial charge in [-0.25, -0.2) is 0 Å². The van der Waals surface area contributed by atoms with Crippen molar-refractivity contribution in [3.63, 3.8) is 0 Å². The minimum absolute atomic E-state index is 0.0271. The van der Waals surface area contributed by atoms with Gasteiger partial charge < -0.3 is 14.7 Å². The second-order valence-corrected chi connectivity index (χ2v) is 7.86. The monoisotopic (exact) mass is 409 g/mol. The van der Waals surface area contributed by atoms with Gasteiger partial charge in [0.15, 0.2) is 0 Å². The van der Waals surface area contributed by atoms with Crippen molar-refractivity contribution < 1.29 is 14.6 Å².